The second-order valence-electron chi connectivity index (χ2n) is 5.34. The highest BCUT2D eigenvalue weighted by Crippen LogP contribution is 2.48. The van der Waals surface area contributed by atoms with Gasteiger partial charge in [-0.05, 0) is 36.2 Å². The van der Waals surface area contributed by atoms with Crippen LogP contribution < -0.4 is 5.32 Å². The Morgan fingerprint density at radius 3 is 2.65 bits per heavy atom. The fourth-order valence-corrected chi connectivity index (χ4v) is 4.43. The number of hydrogen-bond acceptors (Lipinski definition) is 2. The first-order valence-corrected chi connectivity index (χ1v) is 7.89. The molecule has 0 bridgehead atoms. The van der Waals surface area contributed by atoms with Gasteiger partial charge in [-0.3, -0.25) is 0 Å². The van der Waals surface area contributed by atoms with Crippen LogP contribution in [0.15, 0.2) is 11.4 Å². The van der Waals surface area contributed by atoms with Crippen LogP contribution in [0.2, 0.25) is 5.02 Å². The summed E-state index contributed by atoms with van der Waals surface area (Å²) in [6.45, 7) is 5.62. The van der Waals surface area contributed by atoms with E-state index < -0.39 is 0 Å². The Morgan fingerprint density at radius 2 is 2.12 bits per heavy atom. The van der Waals surface area contributed by atoms with E-state index in [2.05, 4.69) is 24.5 Å². The number of nitrogens with one attached hydrogen (secondary N) is 1. The highest BCUT2D eigenvalue weighted by molar-refractivity contribution is 7.10. The Morgan fingerprint density at radius 1 is 1.41 bits per heavy atom. The van der Waals surface area contributed by atoms with Gasteiger partial charge in [0.05, 0.1) is 5.02 Å². The fraction of sp³-hybridized carbons (Fsp3) is 0.714. The van der Waals surface area contributed by atoms with Crippen molar-refractivity contribution in [3.05, 3.63) is 21.3 Å². The van der Waals surface area contributed by atoms with E-state index >= 15 is 0 Å². The number of thiophene rings is 1. The molecule has 1 nitrogen and oxygen atoms in total. The van der Waals surface area contributed by atoms with E-state index in [4.69, 9.17) is 11.6 Å². The molecule has 1 N–H and O–H groups in total. The molecule has 3 heteroatoms. The molecule has 1 atom stereocenters. The van der Waals surface area contributed by atoms with Gasteiger partial charge in [-0.15, -0.1) is 11.3 Å². The lowest BCUT2D eigenvalue weighted by molar-refractivity contribution is 0.148. The average molecular weight is 272 g/mol. The number of rotatable bonds is 4. The first-order valence-electron chi connectivity index (χ1n) is 6.63. The summed E-state index contributed by atoms with van der Waals surface area (Å²) in [7, 11) is 0. The van der Waals surface area contributed by atoms with Crippen molar-refractivity contribution >= 4 is 22.9 Å². The van der Waals surface area contributed by atoms with Crippen LogP contribution in [0.5, 0.6) is 0 Å². The second-order valence-corrected chi connectivity index (χ2v) is 6.69. The van der Waals surface area contributed by atoms with Crippen LogP contribution in [0, 0.1) is 5.41 Å². The molecule has 0 amide bonds. The van der Waals surface area contributed by atoms with E-state index in [-0.39, 0.29) is 0 Å². The Hall–Kier alpha value is -0.0500. The summed E-state index contributed by atoms with van der Waals surface area (Å²) in [5, 5.41) is 6.71. The van der Waals surface area contributed by atoms with Crippen LogP contribution in [-0.2, 0) is 0 Å². The summed E-state index contributed by atoms with van der Waals surface area (Å²) < 4.78 is 0. The Bertz CT molecular complexity index is 355. The first kappa shape index (κ1) is 13.4. The Labute approximate surface area is 114 Å². The maximum atomic E-state index is 6.32. The van der Waals surface area contributed by atoms with E-state index in [0.29, 0.717) is 11.5 Å². The van der Waals surface area contributed by atoms with Crippen molar-refractivity contribution in [1.29, 1.82) is 0 Å². The lowest BCUT2D eigenvalue weighted by Gasteiger charge is -2.41. The van der Waals surface area contributed by atoms with Crippen LogP contribution in [-0.4, -0.2) is 6.54 Å². The van der Waals surface area contributed by atoms with Crippen molar-refractivity contribution in [1.82, 2.24) is 5.32 Å². The van der Waals surface area contributed by atoms with Crippen molar-refractivity contribution in [3.8, 4) is 0 Å². The van der Waals surface area contributed by atoms with E-state index in [0.717, 1.165) is 11.6 Å². The smallest absolute Gasteiger partial charge is 0.0561 e. The molecule has 0 saturated heterocycles. The highest BCUT2D eigenvalue weighted by atomic mass is 35.5. The van der Waals surface area contributed by atoms with Gasteiger partial charge in [-0.1, -0.05) is 44.7 Å². The molecule has 1 heterocycles. The minimum absolute atomic E-state index is 0.378. The van der Waals surface area contributed by atoms with E-state index in [9.17, 15) is 0 Å². The first-order chi connectivity index (χ1) is 8.17. The lowest BCUT2D eigenvalue weighted by atomic mass is 9.70. The summed E-state index contributed by atoms with van der Waals surface area (Å²) >= 11 is 8.12. The van der Waals surface area contributed by atoms with Crippen molar-refractivity contribution in [2.75, 3.05) is 6.54 Å². The molecule has 0 aromatic carbocycles. The topological polar surface area (TPSA) is 12.0 Å². The van der Waals surface area contributed by atoms with Gasteiger partial charge in [0.15, 0.2) is 0 Å². The monoisotopic (exact) mass is 271 g/mol. The van der Waals surface area contributed by atoms with Gasteiger partial charge in [0.1, 0.15) is 0 Å². The van der Waals surface area contributed by atoms with Gasteiger partial charge < -0.3 is 5.32 Å². The van der Waals surface area contributed by atoms with E-state index in [1.165, 1.54) is 37.0 Å². The quantitative estimate of drug-likeness (QED) is 0.811. The van der Waals surface area contributed by atoms with Crippen molar-refractivity contribution in [2.24, 2.45) is 5.41 Å². The molecule has 0 radical (unpaired) electrons. The summed E-state index contributed by atoms with van der Waals surface area (Å²) in [6.07, 6.45) is 6.76. The zero-order valence-corrected chi connectivity index (χ0v) is 12.3. The van der Waals surface area contributed by atoms with Crippen LogP contribution in [0.1, 0.15) is 56.9 Å². The highest BCUT2D eigenvalue weighted by Gasteiger charge is 2.37. The van der Waals surface area contributed by atoms with Crippen molar-refractivity contribution in [2.45, 2.75) is 52.0 Å². The van der Waals surface area contributed by atoms with Crippen LogP contribution in [0.3, 0.4) is 0 Å². The summed E-state index contributed by atoms with van der Waals surface area (Å²) in [5.74, 6) is 0. The number of hydrogen-bond donors (Lipinski definition) is 1. The zero-order chi connectivity index (χ0) is 12.3. The van der Waals surface area contributed by atoms with Gasteiger partial charge in [0.25, 0.3) is 0 Å². The molecule has 17 heavy (non-hydrogen) atoms. The minimum Gasteiger partial charge on any atom is -0.309 e. The minimum atomic E-state index is 0.378. The standard InChI is InChI=1S/C14H22ClNS/c1-3-16-13(12-11(15)7-10-17-12)14(2)8-5-4-6-9-14/h7,10,13,16H,3-6,8-9H2,1-2H3. The van der Waals surface area contributed by atoms with Gasteiger partial charge in [0, 0.05) is 10.9 Å². The third-order valence-electron chi connectivity index (χ3n) is 4.01. The van der Waals surface area contributed by atoms with Gasteiger partial charge in [-0.2, -0.15) is 0 Å². The van der Waals surface area contributed by atoms with Crippen LogP contribution >= 0.6 is 22.9 Å². The van der Waals surface area contributed by atoms with Gasteiger partial charge in [-0.25, -0.2) is 0 Å². The third kappa shape index (κ3) is 2.86. The predicted octanol–water partition coefficient (Wildman–Crippen LogP) is 5.02. The summed E-state index contributed by atoms with van der Waals surface area (Å²) in [5.41, 5.74) is 0.378. The molecule has 0 aliphatic heterocycles. The summed E-state index contributed by atoms with van der Waals surface area (Å²) in [4.78, 5) is 1.33. The Kier molecular flexibility index (Phi) is 4.51. The van der Waals surface area contributed by atoms with Crippen molar-refractivity contribution < 1.29 is 0 Å². The molecule has 1 aromatic heterocycles. The average Bonchev–Trinajstić information content (AvgIpc) is 2.73. The van der Waals surface area contributed by atoms with E-state index in [1.807, 2.05) is 6.07 Å². The largest absolute Gasteiger partial charge is 0.309 e. The molecule has 1 saturated carbocycles. The fourth-order valence-electron chi connectivity index (χ4n) is 3.02. The molecule has 0 spiro atoms. The van der Waals surface area contributed by atoms with Gasteiger partial charge >= 0.3 is 0 Å². The number of halogens is 1. The third-order valence-corrected chi connectivity index (χ3v) is 5.43. The Balaban J connectivity index is 2.25. The molecule has 1 unspecified atom stereocenters. The van der Waals surface area contributed by atoms with E-state index in [1.54, 1.807) is 11.3 Å². The normalized spacial score (nSPS) is 21.4. The molecular formula is C14H22ClNS. The molecule has 1 aliphatic rings. The zero-order valence-electron chi connectivity index (χ0n) is 10.8. The van der Waals surface area contributed by atoms with Crippen LogP contribution in [0.4, 0.5) is 0 Å². The summed E-state index contributed by atoms with van der Waals surface area (Å²) in [6, 6.07) is 2.46. The predicted molar refractivity (Wildman–Crippen MR) is 76.9 cm³/mol. The maximum absolute atomic E-state index is 6.32. The molecule has 1 aliphatic carbocycles. The molecule has 96 valence electrons. The lowest BCUT2D eigenvalue weighted by Crippen LogP contribution is -2.37. The maximum Gasteiger partial charge on any atom is 0.0561 e. The SMILES string of the molecule is CCNC(c1sccc1Cl)C1(C)CCCCC1. The van der Waals surface area contributed by atoms with Gasteiger partial charge in [0.2, 0.25) is 0 Å². The molecular weight excluding hydrogens is 250 g/mol. The molecule has 1 fully saturated rings. The molecule has 2 rings (SSSR count). The second kappa shape index (κ2) is 5.73. The molecule has 1 aromatic rings. The van der Waals surface area contributed by atoms with Crippen LogP contribution in [0.25, 0.3) is 0 Å². The van der Waals surface area contributed by atoms with Crippen molar-refractivity contribution in [3.63, 3.8) is 0 Å².